The first-order valence-corrected chi connectivity index (χ1v) is 9.70. The summed E-state index contributed by atoms with van der Waals surface area (Å²) in [5.74, 6) is -0.0843. The fraction of sp³-hybridized carbons (Fsp3) is 0.562. The number of sulfonamides is 1. The second-order valence-corrected chi connectivity index (χ2v) is 8.08. The fourth-order valence-electron chi connectivity index (χ4n) is 2.24. The molecule has 24 heavy (non-hydrogen) atoms. The maximum atomic E-state index is 12.0. The molecule has 1 aromatic carbocycles. The van der Waals surface area contributed by atoms with Crippen LogP contribution >= 0.6 is 0 Å². The molecule has 0 spiro atoms. The second-order valence-electron chi connectivity index (χ2n) is 6.36. The number of benzene rings is 1. The van der Waals surface area contributed by atoms with E-state index in [1.807, 2.05) is 13.8 Å². The van der Waals surface area contributed by atoms with Gasteiger partial charge < -0.3 is 15.8 Å². The van der Waals surface area contributed by atoms with Crippen LogP contribution in [0.5, 0.6) is 5.75 Å². The average Bonchev–Trinajstić information content (AvgIpc) is 3.30. The smallest absolute Gasteiger partial charge is 0.241 e. The van der Waals surface area contributed by atoms with Crippen molar-refractivity contribution >= 4 is 21.6 Å². The monoisotopic (exact) mass is 355 g/mol. The van der Waals surface area contributed by atoms with E-state index in [0.29, 0.717) is 23.9 Å². The molecule has 0 aliphatic heterocycles. The molecule has 0 aromatic heterocycles. The minimum absolute atomic E-state index is 0.0400. The molecular weight excluding hydrogens is 330 g/mol. The fourth-order valence-corrected chi connectivity index (χ4v) is 3.25. The van der Waals surface area contributed by atoms with Crippen molar-refractivity contribution in [2.75, 3.05) is 17.0 Å². The van der Waals surface area contributed by atoms with E-state index in [1.165, 1.54) is 0 Å². The first kappa shape index (κ1) is 18.5. The summed E-state index contributed by atoms with van der Waals surface area (Å²) in [6.07, 6.45) is 2.19. The van der Waals surface area contributed by atoms with Crippen LogP contribution < -0.4 is 20.5 Å². The van der Waals surface area contributed by atoms with Crippen LogP contribution in [0.15, 0.2) is 24.3 Å². The maximum absolute atomic E-state index is 12.0. The summed E-state index contributed by atoms with van der Waals surface area (Å²) in [5, 5.41) is 2.57. The summed E-state index contributed by atoms with van der Waals surface area (Å²) in [7, 11) is -3.77. The van der Waals surface area contributed by atoms with Gasteiger partial charge in [0.15, 0.2) is 0 Å². The molecule has 1 amide bonds. The number of ether oxygens (including phenoxy) is 1. The van der Waals surface area contributed by atoms with E-state index in [2.05, 4.69) is 10.0 Å². The van der Waals surface area contributed by atoms with Crippen molar-refractivity contribution in [3.8, 4) is 5.75 Å². The second kappa shape index (κ2) is 7.85. The van der Waals surface area contributed by atoms with Gasteiger partial charge in [0.2, 0.25) is 15.9 Å². The van der Waals surface area contributed by atoms with E-state index >= 15 is 0 Å². The summed E-state index contributed by atoms with van der Waals surface area (Å²) in [6, 6.07) is 6.43. The van der Waals surface area contributed by atoms with Crippen molar-refractivity contribution in [1.29, 1.82) is 0 Å². The summed E-state index contributed by atoms with van der Waals surface area (Å²) >= 11 is 0. The Morgan fingerprint density at radius 1 is 1.29 bits per heavy atom. The quantitative estimate of drug-likeness (QED) is 0.614. The van der Waals surface area contributed by atoms with Crippen LogP contribution in [0.4, 0.5) is 5.69 Å². The minimum Gasteiger partial charge on any atom is -0.491 e. The average molecular weight is 355 g/mol. The van der Waals surface area contributed by atoms with E-state index in [4.69, 9.17) is 10.5 Å². The zero-order valence-corrected chi connectivity index (χ0v) is 14.8. The largest absolute Gasteiger partial charge is 0.491 e. The highest BCUT2D eigenvalue weighted by atomic mass is 32.2. The first-order chi connectivity index (χ1) is 11.2. The Morgan fingerprint density at radius 2 is 1.92 bits per heavy atom. The summed E-state index contributed by atoms with van der Waals surface area (Å²) in [5.41, 5.74) is 6.25. The van der Waals surface area contributed by atoms with Gasteiger partial charge in [0, 0.05) is 18.3 Å². The summed E-state index contributed by atoms with van der Waals surface area (Å²) < 4.78 is 31.9. The third-order valence-electron chi connectivity index (χ3n) is 3.58. The van der Waals surface area contributed by atoms with Crippen molar-refractivity contribution in [3.05, 3.63) is 24.3 Å². The molecule has 0 heterocycles. The van der Waals surface area contributed by atoms with Crippen LogP contribution in [0, 0.1) is 5.92 Å². The molecule has 0 saturated heterocycles. The predicted molar refractivity (Wildman–Crippen MR) is 93.3 cm³/mol. The van der Waals surface area contributed by atoms with Gasteiger partial charge in [-0.1, -0.05) is 0 Å². The number of rotatable bonds is 9. The van der Waals surface area contributed by atoms with E-state index in [0.717, 1.165) is 12.8 Å². The third kappa shape index (κ3) is 6.37. The van der Waals surface area contributed by atoms with Gasteiger partial charge in [-0.2, -0.15) is 0 Å². The summed E-state index contributed by atoms with van der Waals surface area (Å²) in [6.45, 7) is 4.12. The number of amides is 1. The molecule has 1 atom stereocenters. The number of nitrogens with one attached hydrogen (secondary N) is 2. The first-order valence-electron chi connectivity index (χ1n) is 8.04. The zero-order valence-electron chi connectivity index (χ0n) is 14.0. The third-order valence-corrected chi connectivity index (χ3v) is 4.77. The van der Waals surface area contributed by atoms with E-state index < -0.39 is 21.7 Å². The van der Waals surface area contributed by atoms with Crippen molar-refractivity contribution in [3.63, 3.8) is 0 Å². The highest BCUT2D eigenvalue weighted by Crippen LogP contribution is 2.31. The van der Waals surface area contributed by atoms with Gasteiger partial charge in [0.1, 0.15) is 11.5 Å². The van der Waals surface area contributed by atoms with Gasteiger partial charge in [0.25, 0.3) is 0 Å². The topological polar surface area (TPSA) is 111 Å². The molecule has 1 aliphatic carbocycles. The molecule has 7 nitrogen and oxygen atoms in total. The molecule has 2 rings (SSSR count). The molecule has 1 unspecified atom stereocenters. The lowest BCUT2D eigenvalue weighted by Gasteiger charge is -2.13. The Morgan fingerprint density at radius 3 is 2.46 bits per heavy atom. The van der Waals surface area contributed by atoms with E-state index in [-0.39, 0.29) is 12.1 Å². The molecule has 1 saturated carbocycles. The molecule has 0 bridgehead atoms. The van der Waals surface area contributed by atoms with Crippen molar-refractivity contribution < 1.29 is 17.9 Å². The number of hydrogen-bond acceptors (Lipinski definition) is 5. The van der Waals surface area contributed by atoms with E-state index in [1.54, 1.807) is 24.3 Å². The number of nitrogens with two attached hydrogens (primary N) is 1. The Labute approximate surface area is 143 Å². The Hall–Kier alpha value is -1.80. The van der Waals surface area contributed by atoms with Crippen LogP contribution in [0.2, 0.25) is 0 Å². The highest BCUT2D eigenvalue weighted by molar-refractivity contribution is 7.93. The van der Waals surface area contributed by atoms with Gasteiger partial charge in [-0.25, -0.2) is 8.42 Å². The highest BCUT2D eigenvalue weighted by Gasteiger charge is 2.28. The van der Waals surface area contributed by atoms with Crippen molar-refractivity contribution in [2.45, 2.75) is 38.8 Å². The molecule has 1 fully saturated rings. The normalized spacial score (nSPS) is 15.8. The van der Waals surface area contributed by atoms with Gasteiger partial charge >= 0.3 is 0 Å². The van der Waals surface area contributed by atoms with Crippen LogP contribution in [-0.4, -0.2) is 38.8 Å². The van der Waals surface area contributed by atoms with Crippen molar-refractivity contribution in [2.24, 2.45) is 11.7 Å². The molecular formula is C16H25N3O4S. The van der Waals surface area contributed by atoms with Gasteiger partial charge in [-0.3, -0.25) is 9.52 Å². The van der Waals surface area contributed by atoms with Gasteiger partial charge in [-0.05, 0) is 56.9 Å². The lowest BCUT2D eigenvalue weighted by atomic mass is 10.2. The number of anilines is 1. The van der Waals surface area contributed by atoms with E-state index in [9.17, 15) is 13.2 Å². The number of carbonyl (C=O) groups excluding carboxylic acids is 1. The molecule has 1 aliphatic rings. The van der Waals surface area contributed by atoms with Crippen LogP contribution in [-0.2, 0) is 14.8 Å². The van der Waals surface area contributed by atoms with Crippen molar-refractivity contribution in [1.82, 2.24) is 5.32 Å². The number of hydrogen-bond donors (Lipinski definition) is 3. The predicted octanol–water partition coefficient (Wildman–Crippen LogP) is 1.07. The van der Waals surface area contributed by atoms with Gasteiger partial charge in [0.05, 0.1) is 6.10 Å². The standard InChI is InChI=1S/C16H25N3O4S/c1-11(2)23-14-7-5-13(6-8-14)19-24(21,22)10-16(20)18-9-15(17)12-3-4-12/h5-8,11-12,15,19H,3-4,9-10,17H2,1-2H3,(H,18,20). The maximum Gasteiger partial charge on any atom is 0.241 e. The zero-order chi connectivity index (χ0) is 17.7. The van der Waals surface area contributed by atoms with Crippen LogP contribution in [0.25, 0.3) is 0 Å². The molecule has 8 heteroatoms. The molecule has 1 aromatic rings. The molecule has 4 N–H and O–H groups in total. The van der Waals surface area contributed by atoms with Crippen LogP contribution in [0.1, 0.15) is 26.7 Å². The summed E-state index contributed by atoms with van der Waals surface area (Å²) in [4.78, 5) is 11.8. The van der Waals surface area contributed by atoms with Gasteiger partial charge in [-0.15, -0.1) is 0 Å². The lowest BCUT2D eigenvalue weighted by molar-refractivity contribution is -0.118. The Bertz CT molecular complexity index is 654. The minimum atomic E-state index is -3.77. The lowest BCUT2D eigenvalue weighted by Crippen LogP contribution is -2.41. The SMILES string of the molecule is CC(C)Oc1ccc(NS(=O)(=O)CC(=O)NCC(N)C2CC2)cc1. The molecule has 134 valence electrons. The van der Waals surface area contributed by atoms with Crippen LogP contribution in [0.3, 0.4) is 0 Å². The number of carbonyl (C=O) groups is 1. The Balaban J connectivity index is 1.82. The molecule has 0 radical (unpaired) electrons. The Kier molecular flexibility index (Phi) is 6.06.